The van der Waals surface area contributed by atoms with Gasteiger partial charge in [0.15, 0.2) is 0 Å². The minimum absolute atomic E-state index is 0.102. The molecule has 0 bridgehead atoms. The van der Waals surface area contributed by atoms with Crippen LogP contribution in [0.3, 0.4) is 0 Å². The average Bonchev–Trinajstić information content (AvgIpc) is 2.37. The van der Waals surface area contributed by atoms with Crippen LogP contribution in [-0.2, 0) is 0 Å². The van der Waals surface area contributed by atoms with E-state index in [0.29, 0.717) is 11.1 Å². The number of rotatable bonds is 4. The number of fused-ring (bicyclic) bond motifs is 1. The lowest BCUT2D eigenvalue weighted by molar-refractivity contribution is 0.0824. The quantitative estimate of drug-likeness (QED) is 0.789. The molecule has 0 saturated heterocycles. The van der Waals surface area contributed by atoms with Crippen LogP contribution in [0.2, 0.25) is 0 Å². The van der Waals surface area contributed by atoms with Crippen molar-refractivity contribution < 1.29 is 22.6 Å². The first-order valence-corrected chi connectivity index (χ1v) is 5.15. The third kappa shape index (κ3) is 2.47. The average molecular weight is 257 g/mol. The molecule has 1 aromatic carbocycles. The molecule has 0 atom stereocenters. The highest BCUT2D eigenvalue weighted by Crippen LogP contribution is 2.30. The minimum Gasteiger partial charge on any atom is -0.497 e. The number of pyridine rings is 1. The van der Waals surface area contributed by atoms with Crippen LogP contribution >= 0.6 is 0 Å². The molecule has 0 spiro atoms. The van der Waals surface area contributed by atoms with E-state index in [2.05, 4.69) is 4.98 Å². The Morgan fingerprint density at radius 2 is 2.06 bits per heavy atom. The van der Waals surface area contributed by atoms with E-state index < -0.39 is 19.0 Å². The molecule has 0 saturated carbocycles. The Bertz CT molecular complexity index is 560. The first-order valence-electron chi connectivity index (χ1n) is 5.15. The van der Waals surface area contributed by atoms with Gasteiger partial charge in [0.05, 0.1) is 13.3 Å². The Kier molecular flexibility index (Phi) is 3.55. The topological polar surface area (TPSA) is 31.4 Å². The maximum Gasteiger partial charge on any atom is 0.272 e. The highest BCUT2D eigenvalue weighted by molar-refractivity contribution is 5.89. The van der Waals surface area contributed by atoms with Gasteiger partial charge >= 0.3 is 0 Å². The number of nitrogens with zero attached hydrogens (tertiary/aromatic N) is 1. The van der Waals surface area contributed by atoms with Gasteiger partial charge in [0, 0.05) is 10.8 Å². The van der Waals surface area contributed by atoms with Gasteiger partial charge in [0.25, 0.3) is 6.43 Å². The van der Waals surface area contributed by atoms with E-state index in [4.69, 9.17) is 9.47 Å². The number of aromatic nitrogens is 1. The molecule has 1 aromatic heterocycles. The van der Waals surface area contributed by atoms with Gasteiger partial charge in [-0.2, -0.15) is 4.39 Å². The molecule has 3 nitrogen and oxygen atoms in total. The zero-order chi connectivity index (χ0) is 13.1. The van der Waals surface area contributed by atoms with Crippen molar-refractivity contribution in [2.45, 2.75) is 6.43 Å². The molecule has 1 heterocycles. The zero-order valence-corrected chi connectivity index (χ0v) is 9.49. The summed E-state index contributed by atoms with van der Waals surface area (Å²) < 4.78 is 47.5. The molecule has 0 N–H and O–H groups in total. The van der Waals surface area contributed by atoms with Gasteiger partial charge in [-0.25, -0.2) is 13.8 Å². The van der Waals surface area contributed by atoms with Gasteiger partial charge in [-0.3, -0.25) is 0 Å². The van der Waals surface area contributed by atoms with E-state index in [0.717, 1.165) is 6.20 Å². The van der Waals surface area contributed by atoms with E-state index in [1.54, 1.807) is 6.07 Å². The van der Waals surface area contributed by atoms with Crippen molar-refractivity contribution in [3.05, 3.63) is 30.3 Å². The number of hydrogen-bond acceptors (Lipinski definition) is 3. The summed E-state index contributed by atoms with van der Waals surface area (Å²) in [5.74, 6) is -0.0994. The van der Waals surface area contributed by atoms with E-state index in [-0.39, 0.29) is 11.1 Å². The predicted molar refractivity (Wildman–Crippen MR) is 59.8 cm³/mol. The summed E-state index contributed by atoms with van der Waals surface area (Å²) >= 11 is 0. The molecule has 0 aliphatic carbocycles. The van der Waals surface area contributed by atoms with Gasteiger partial charge in [0.1, 0.15) is 18.1 Å². The molecule has 0 aliphatic rings. The molecule has 18 heavy (non-hydrogen) atoms. The molecule has 96 valence electrons. The first kappa shape index (κ1) is 12.5. The second kappa shape index (κ2) is 5.12. The molecule has 0 radical (unpaired) electrons. The number of ether oxygens (including phenoxy) is 2. The van der Waals surface area contributed by atoms with Crippen molar-refractivity contribution in [2.75, 3.05) is 13.7 Å². The van der Waals surface area contributed by atoms with Crippen molar-refractivity contribution in [1.82, 2.24) is 4.98 Å². The normalized spacial score (nSPS) is 10.9. The van der Waals surface area contributed by atoms with Crippen molar-refractivity contribution >= 4 is 10.8 Å². The highest BCUT2D eigenvalue weighted by Gasteiger charge is 2.11. The molecular formula is C12H10F3NO2. The zero-order valence-electron chi connectivity index (χ0n) is 9.49. The fourth-order valence-corrected chi connectivity index (χ4v) is 1.56. The first-order chi connectivity index (χ1) is 8.61. The Morgan fingerprint density at radius 3 is 2.72 bits per heavy atom. The van der Waals surface area contributed by atoms with Crippen LogP contribution in [0.15, 0.2) is 24.4 Å². The van der Waals surface area contributed by atoms with E-state index in [9.17, 15) is 13.2 Å². The highest BCUT2D eigenvalue weighted by atomic mass is 19.3. The molecule has 0 fully saturated rings. The fourth-order valence-electron chi connectivity index (χ4n) is 1.56. The lowest BCUT2D eigenvalue weighted by Gasteiger charge is -2.10. The van der Waals surface area contributed by atoms with Crippen LogP contribution in [-0.4, -0.2) is 25.1 Å². The van der Waals surface area contributed by atoms with Gasteiger partial charge in [0.2, 0.25) is 5.95 Å². The van der Waals surface area contributed by atoms with Crippen molar-refractivity contribution in [2.24, 2.45) is 0 Å². The largest absolute Gasteiger partial charge is 0.497 e. The van der Waals surface area contributed by atoms with Gasteiger partial charge < -0.3 is 9.47 Å². The summed E-state index contributed by atoms with van der Waals surface area (Å²) in [6.07, 6.45) is -1.52. The van der Waals surface area contributed by atoms with E-state index in [1.807, 2.05) is 0 Å². The van der Waals surface area contributed by atoms with Gasteiger partial charge in [-0.15, -0.1) is 0 Å². The van der Waals surface area contributed by atoms with Crippen LogP contribution in [0, 0.1) is 5.95 Å². The smallest absolute Gasteiger partial charge is 0.272 e. The van der Waals surface area contributed by atoms with Crippen LogP contribution in [0.5, 0.6) is 11.5 Å². The molecule has 0 unspecified atom stereocenters. The van der Waals surface area contributed by atoms with Crippen molar-refractivity contribution in [3.63, 3.8) is 0 Å². The van der Waals surface area contributed by atoms with E-state index in [1.165, 1.54) is 19.2 Å². The summed E-state index contributed by atoms with van der Waals surface area (Å²) in [6, 6.07) is 4.54. The lowest BCUT2D eigenvalue weighted by atomic mass is 10.1. The second-order valence-corrected chi connectivity index (χ2v) is 3.53. The Morgan fingerprint density at radius 1 is 1.28 bits per heavy atom. The third-order valence-electron chi connectivity index (χ3n) is 2.37. The molecular weight excluding hydrogens is 247 g/mol. The number of methoxy groups -OCH3 is 1. The summed E-state index contributed by atoms with van der Waals surface area (Å²) in [7, 11) is 1.46. The lowest BCUT2D eigenvalue weighted by Crippen LogP contribution is -2.07. The number of hydrogen-bond donors (Lipinski definition) is 0. The predicted octanol–water partition coefficient (Wildman–Crippen LogP) is 3.03. The van der Waals surface area contributed by atoms with Gasteiger partial charge in [-0.1, -0.05) is 0 Å². The minimum atomic E-state index is -2.60. The Labute approximate surface area is 101 Å². The van der Waals surface area contributed by atoms with E-state index >= 15 is 0 Å². The summed E-state index contributed by atoms with van der Waals surface area (Å²) in [5.41, 5.74) is 0. The number of alkyl halides is 2. The van der Waals surface area contributed by atoms with Crippen LogP contribution in [0.4, 0.5) is 13.2 Å². The summed E-state index contributed by atoms with van der Waals surface area (Å²) in [5, 5.41) is 0.546. The fraction of sp³-hybridized carbons (Fsp3) is 0.250. The standard InChI is InChI=1S/C12H10F3NO2/c1-17-7-2-3-8-9(4-7)10(5-16-12(8)15)18-6-11(13)14/h2-5,11H,6H2,1H3. The van der Waals surface area contributed by atoms with Crippen LogP contribution in [0.1, 0.15) is 0 Å². The number of halogens is 3. The van der Waals surface area contributed by atoms with Crippen LogP contribution in [0.25, 0.3) is 10.8 Å². The maximum atomic E-state index is 13.4. The Balaban J connectivity index is 2.48. The van der Waals surface area contributed by atoms with Crippen LogP contribution < -0.4 is 9.47 Å². The van der Waals surface area contributed by atoms with Crippen molar-refractivity contribution in [3.8, 4) is 11.5 Å². The van der Waals surface area contributed by atoms with Gasteiger partial charge in [-0.05, 0) is 18.2 Å². The molecule has 2 aromatic rings. The summed E-state index contributed by atoms with van der Waals surface area (Å²) in [4.78, 5) is 3.46. The SMILES string of the molecule is COc1ccc2c(F)ncc(OCC(F)F)c2c1. The molecule has 2 rings (SSSR count). The Hall–Kier alpha value is -1.98. The molecule has 0 aliphatic heterocycles. The monoisotopic (exact) mass is 257 g/mol. The number of benzene rings is 1. The maximum absolute atomic E-state index is 13.4. The van der Waals surface area contributed by atoms with Crippen molar-refractivity contribution in [1.29, 1.82) is 0 Å². The third-order valence-corrected chi connectivity index (χ3v) is 2.37. The summed E-state index contributed by atoms with van der Waals surface area (Å²) in [6.45, 7) is -0.764. The molecule has 0 amide bonds. The second-order valence-electron chi connectivity index (χ2n) is 3.53. The molecule has 6 heteroatoms.